The molecular weight excluding hydrogens is 338 g/mol. The SMILES string of the molecule is CCCCCCCCN(CCCCCCCC)[Si](CC(C)C)(OC)OC. The van der Waals surface area contributed by atoms with Crippen molar-refractivity contribution in [3.05, 3.63) is 0 Å². The van der Waals surface area contributed by atoms with Crippen molar-refractivity contribution in [2.75, 3.05) is 27.3 Å². The van der Waals surface area contributed by atoms with Crippen LogP contribution in [-0.2, 0) is 8.85 Å². The summed E-state index contributed by atoms with van der Waals surface area (Å²) >= 11 is 0. The van der Waals surface area contributed by atoms with Crippen molar-refractivity contribution < 1.29 is 8.85 Å². The second-order valence-corrected chi connectivity index (χ2v) is 11.5. The van der Waals surface area contributed by atoms with Gasteiger partial charge >= 0.3 is 8.72 Å². The maximum absolute atomic E-state index is 6.09. The van der Waals surface area contributed by atoms with Crippen molar-refractivity contribution in [3.63, 3.8) is 0 Å². The lowest BCUT2D eigenvalue weighted by molar-refractivity contribution is 0.153. The van der Waals surface area contributed by atoms with Crippen LogP contribution in [0.3, 0.4) is 0 Å². The molecule has 0 aliphatic carbocycles. The van der Waals surface area contributed by atoms with E-state index < -0.39 is 8.72 Å². The Hall–Kier alpha value is 0.0969. The van der Waals surface area contributed by atoms with Gasteiger partial charge in [0.05, 0.1) is 0 Å². The Morgan fingerprint density at radius 1 is 0.654 bits per heavy atom. The average molecular weight is 388 g/mol. The fourth-order valence-corrected chi connectivity index (χ4v) is 7.08. The number of nitrogens with zero attached hydrogens (tertiary/aromatic N) is 1. The van der Waals surface area contributed by atoms with E-state index >= 15 is 0 Å². The molecule has 0 aromatic carbocycles. The molecule has 0 saturated carbocycles. The van der Waals surface area contributed by atoms with Crippen molar-refractivity contribution >= 4 is 8.72 Å². The van der Waals surface area contributed by atoms with E-state index in [1.807, 2.05) is 14.2 Å². The first kappa shape index (κ1) is 26.1. The smallest absolute Gasteiger partial charge is 0.386 e. The van der Waals surface area contributed by atoms with Crippen LogP contribution in [0.15, 0.2) is 0 Å². The molecule has 0 amide bonds. The van der Waals surface area contributed by atoms with Gasteiger partial charge < -0.3 is 8.85 Å². The van der Waals surface area contributed by atoms with E-state index in [1.54, 1.807) is 0 Å². The van der Waals surface area contributed by atoms with Crippen LogP contribution >= 0.6 is 0 Å². The standard InChI is InChI=1S/C22H49NO2Si/c1-7-9-11-13-15-17-19-23(20-18-16-14-12-10-8-2)26(24-5,25-6)21-22(3)4/h22H,7-21H2,1-6H3. The highest BCUT2D eigenvalue weighted by atomic mass is 28.4. The quantitative estimate of drug-likeness (QED) is 0.178. The van der Waals surface area contributed by atoms with Crippen LogP contribution in [-0.4, -0.2) is 40.6 Å². The van der Waals surface area contributed by atoms with Crippen LogP contribution in [0.1, 0.15) is 105 Å². The second-order valence-electron chi connectivity index (χ2n) is 8.24. The number of hydrogen-bond acceptors (Lipinski definition) is 3. The van der Waals surface area contributed by atoms with Gasteiger partial charge in [0.2, 0.25) is 0 Å². The Bertz CT molecular complexity index is 280. The van der Waals surface area contributed by atoms with Gasteiger partial charge in [-0.1, -0.05) is 91.9 Å². The number of hydrogen-bond donors (Lipinski definition) is 0. The molecule has 0 aromatic rings. The zero-order valence-electron chi connectivity index (χ0n) is 18.9. The van der Waals surface area contributed by atoms with Gasteiger partial charge in [-0.15, -0.1) is 0 Å². The van der Waals surface area contributed by atoms with Crippen LogP contribution in [0.25, 0.3) is 0 Å². The molecule has 3 nitrogen and oxygen atoms in total. The van der Waals surface area contributed by atoms with E-state index in [2.05, 4.69) is 32.3 Å². The third-order valence-electron chi connectivity index (χ3n) is 5.35. The Morgan fingerprint density at radius 3 is 1.38 bits per heavy atom. The van der Waals surface area contributed by atoms with Gasteiger partial charge in [-0.25, -0.2) is 0 Å². The van der Waals surface area contributed by atoms with E-state index in [1.165, 1.54) is 77.0 Å². The predicted octanol–water partition coefficient (Wildman–Crippen LogP) is 6.90. The summed E-state index contributed by atoms with van der Waals surface area (Å²) in [7, 11) is 1.48. The molecule has 0 saturated heterocycles. The lowest BCUT2D eigenvalue weighted by Gasteiger charge is -2.39. The monoisotopic (exact) mass is 387 g/mol. The fourth-order valence-electron chi connectivity index (χ4n) is 3.77. The van der Waals surface area contributed by atoms with Crippen molar-refractivity contribution in [1.82, 2.24) is 4.57 Å². The van der Waals surface area contributed by atoms with E-state index in [0.29, 0.717) is 5.92 Å². The molecule has 0 fully saturated rings. The first-order valence-corrected chi connectivity index (χ1v) is 13.4. The van der Waals surface area contributed by atoms with Gasteiger partial charge in [-0.2, -0.15) is 0 Å². The third-order valence-corrected chi connectivity index (χ3v) is 9.37. The van der Waals surface area contributed by atoms with Gasteiger partial charge in [0, 0.05) is 20.3 Å². The average Bonchev–Trinajstić information content (AvgIpc) is 2.63. The Labute approximate surface area is 166 Å². The molecule has 4 heteroatoms. The largest absolute Gasteiger partial charge is 0.427 e. The minimum Gasteiger partial charge on any atom is -0.386 e. The molecule has 0 atom stereocenters. The zero-order valence-corrected chi connectivity index (χ0v) is 19.9. The summed E-state index contributed by atoms with van der Waals surface area (Å²) in [5, 5.41) is 0. The molecule has 0 heterocycles. The maximum Gasteiger partial charge on any atom is 0.427 e. The molecule has 0 aliphatic rings. The van der Waals surface area contributed by atoms with Crippen LogP contribution in [0.2, 0.25) is 6.04 Å². The van der Waals surface area contributed by atoms with Crippen LogP contribution in [0, 0.1) is 5.92 Å². The minimum absolute atomic E-state index is 0.609. The molecule has 0 N–H and O–H groups in total. The van der Waals surface area contributed by atoms with Crippen LogP contribution in [0.5, 0.6) is 0 Å². The van der Waals surface area contributed by atoms with Gasteiger partial charge in [0.15, 0.2) is 0 Å². The van der Waals surface area contributed by atoms with Gasteiger partial charge in [-0.3, -0.25) is 4.57 Å². The lowest BCUT2D eigenvalue weighted by atomic mass is 10.1. The normalized spacial score (nSPS) is 12.5. The topological polar surface area (TPSA) is 21.7 Å². The first-order valence-electron chi connectivity index (χ1n) is 11.4. The molecule has 0 spiro atoms. The van der Waals surface area contributed by atoms with Crippen molar-refractivity contribution in [3.8, 4) is 0 Å². The van der Waals surface area contributed by atoms with E-state index in [9.17, 15) is 0 Å². The molecular formula is C22H49NO2Si. The zero-order chi connectivity index (χ0) is 19.7. The van der Waals surface area contributed by atoms with E-state index in [0.717, 1.165) is 19.1 Å². The molecule has 0 unspecified atom stereocenters. The molecule has 158 valence electrons. The first-order chi connectivity index (χ1) is 12.6. The summed E-state index contributed by atoms with van der Waals surface area (Å²) in [6.07, 6.45) is 16.2. The summed E-state index contributed by atoms with van der Waals surface area (Å²) in [5.41, 5.74) is 0. The van der Waals surface area contributed by atoms with Crippen molar-refractivity contribution in [1.29, 1.82) is 0 Å². The highest BCUT2D eigenvalue weighted by molar-refractivity contribution is 6.64. The lowest BCUT2D eigenvalue weighted by Crippen LogP contribution is -2.58. The third kappa shape index (κ3) is 11.7. The summed E-state index contributed by atoms with van der Waals surface area (Å²) in [6.45, 7) is 11.4. The van der Waals surface area contributed by atoms with Gasteiger partial charge in [0.1, 0.15) is 0 Å². The van der Waals surface area contributed by atoms with Crippen LogP contribution in [0.4, 0.5) is 0 Å². The van der Waals surface area contributed by atoms with E-state index in [-0.39, 0.29) is 0 Å². The molecule has 0 radical (unpaired) electrons. The minimum atomic E-state index is -2.25. The van der Waals surface area contributed by atoms with E-state index in [4.69, 9.17) is 8.85 Å². The molecule has 26 heavy (non-hydrogen) atoms. The highest BCUT2D eigenvalue weighted by Crippen LogP contribution is 2.24. The number of unbranched alkanes of at least 4 members (excludes halogenated alkanes) is 10. The Morgan fingerprint density at radius 2 is 1.04 bits per heavy atom. The van der Waals surface area contributed by atoms with Gasteiger partial charge in [-0.05, 0) is 31.8 Å². The molecule has 0 rings (SSSR count). The van der Waals surface area contributed by atoms with Crippen molar-refractivity contribution in [2.45, 2.75) is 111 Å². The number of rotatable bonds is 19. The maximum atomic E-state index is 6.09. The summed E-state index contributed by atoms with van der Waals surface area (Å²) in [5.74, 6) is 0.609. The fraction of sp³-hybridized carbons (Fsp3) is 1.00. The Kier molecular flexibility index (Phi) is 17.3. The van der Waals surface area contributed by atoms with Gasteiger partial charge in [0.25, 0.3) is 0 Å². The molecule has 0 aromatic heterocycles. The van der Waals surface area contributed by atoms with Crippen LogP contribution < -0.4 is 0 Å². The van der Waals surface area contributed by atoms with Crippen molar-refractivity contribution in [2.24, 2.45) is 5.92 Å². The summed E-state index contributed by atoms with van der Waals surface area (Å²) in [4.78, 5) is 0. The molecule has 0 bridgehead atoms. The highest BCUT2D eigenvalue weighted by Gasteiger charge is 2.43. The molecule has 0 aliphatic heterocycles. The predicted molar refractivity (Wildman–Crippen MR) is 118 cm³/mol. The summed E-state index contributed by atoms with van der Waals surface area (Å²) in [6, 6.07) is 1.06. The second kappa shape index (κ2) is 17.2. The Balaban J connectivity index is 4.57. The summed E-state index contributed by atoms with van der Waals surface area (Å²) < 4.78 is 14.8.